The minimum Gasteiger partial charge on any atom is -0.358 e. The van der Waals surface area contributed by atoms with Gasteiger partial charge in [-0.1, -0.05) is 0 Å². The molecule has 4 nitrogen and oxygen atoms in total. The van der Waals surface area contributed by atoms with Crippen LogP contribution in [0.2, 0.25) is 0 Å². The van der Waals surface area contributed by atoms with E-state index in [9.17, 15) is 4.79 Å². The summed E-state index contributed by atoms with van der Waals surface area (Å²) in [7, 11) is 5.72. The predicted octanol–water partition coefficient (Wildman–Crippen LogP) is 0.0507. The fourth-order valence-corrected chi connectivity index (χ4v) is 0.870. The molecular formula is C10H23N3O. The molecule has 1 amide bonds. The van der Waals surface area contributed by atoms with Crippen LogP contribution in [0.25, 0.3) is 0 Å². The highest BCUT2D eigenvalue weighted by molar-refractivity contribution is 5.80. The van der Waals surface area contributed by atoms with Crippen molar-refractivity contribution in [3.05, 3.63) is 0 Å². The molecule has 2 N–H and O–H groups in total. The van der Waals surface area contributed by atoms with Crippen LogP contribution in [0.5, 0.6) is 0 Å². The summed E-state index contributed by atoms with van der Waals surface area (Å²) in [4.78, 5) is 13.3. The van der Waals surface area contributed by atoms with E-state index in [1.165, 1.54) is 0 Å². The van der Waals surface area contributed by atoms with Gasteiger partial charge in [-0.15, -0.1) is 0 Å². The SMILES string of the molecule is CNC(=O)C(C)NCC(C)(C)N(C)C. The standard InChI is InChI=1S/C10H23N3O/c1-8(9(14)11-4)12-7-10(2,3)13(5)6/h8,12H,7H2,1-6H3,(H,11,14). The van der Waals surface area contributed by atoms with Crippen LogP contribution in [0.1, 0.15) is 20.8 Å². The fourth-order valence-electron chi connectivity index (χ4n) is 0.870. The Kier molecular flexibility index (Phi) is 5.08. The molecule has 0 fully saturated rings. The minimum absolute atomic E-state index is 0.0274. The van der Waals surface area contributed by atoms with Gasteiger partial charge >= 0.3 is 0 Å². The van der Waals surface area contributed by atoms with Crippen molar-refractivity contribution in [1.82, 2.24) is 15.5 Å². The maximum absolute atomic E-state index is 11.2. The van der Waals surface area contributed by atoms with Gasteiger partial charge in [0.25, 0.3) is 0 Å². The van der Waals surface area contributed by atoms with Crippen molar-refractivity contribution in [2.75, 3.05) is 27.7 Å². The van der Waals surface area contributed by atoms with E-state index >= 15 is 0 Å². The number of hydrogen-bond acceptors (Lipinski definition) is 3. The first-order valence-corrected chi connectivity index (χ1v) is 4.93. The van der Waals surface area contributed by atoms with E-state index in [4.69, 9.17) is 0 Å². The molecule has 0 saturated heterocycles. The van der Waals surface area contributed by atoms with Crippen molar-refractivity contribution < 1.29 is 4.79 Å². The Morgan fingerprint density at radius 3 is 2.29 bits per heavy atom. The molecule has 14 heavy (non-hydrogen) atoms. The van der Waals surface area contributed by atoms with E-state index in [-0.39, 0.29) is 17.5 Å². The third kappa shape index (κ3) is 4.07. The second-order valence-electron chi connectivity index (χ2n) is 4.42. The van der Waals surface area contributed by atoms with Crippen molar-refractivity contribution in [3.63, 3.8) is 0 Å². The summed E-state index contributed by atoms with van der Waals surface area (Å²) in [6.07, 6.45) is 0. The second kappa shape index (κ2) is 5.32. The van der Waals surface area contributed by atoms with Crippen molar-refractivity contribution in [2.45, 2.75) is 32.4 Å². The minimum atomic E-state index is -0.140. The molecule has 1 unspecified atom stereocenters. The summed E-state index contributed by atoms with van der Waals surface area (Å²) in [5, 5.41) is 5.82. The summed E-state index contributed by atoms with van der Waals surface area (Å²) in [6.45, 7) is 6.92. The van der Waals surface area contributed by atoms with Crippen LogP contribution in [0.15, 0.2) is 0 Å². The molecule has 0 spiro atoms. The number of rotatable bonds is 5. The third-order valence-corrected chi connectivity index (χ3v) is 2.69. The molecule has 0 aromatic carbocycles. The lowest BCUT2D eigenvalue weighted by atomic mass is 10.0. The van der Waals surface area contributed by atoms with E-state index in [1.54, 1.807) is 7.05 Å². The highest BCUT2D eigenvalue weighted by Crippen LogP contribution is 2.07. The number of carbonyl (C=O) groups is 1. The smallest absolute Gasteiger partial charge is 0.236 e. The van der Waals surface area contributed by atoms with Crippen molar-refractivity contribution in [1.29, 1.82) is 0 Å². The molecule has 1 atom stereocenters. The van der Waals surface area contributed by atoms with E-state index in [1.807, 2.05) is 21.0 Å². The average molecular weight is 201 g/mol. The molecule has 0 heterocycles. The number of carbonyl (C=O) groups excluding carboxylic acids is 1. The van der Waals surface area contributed by atoms with Crippen molar-refractivity contribution >= 4 is 5.91 Å². The molecule has 84 valence electrons. The van der Waals surface area contributed by atoms with Gasteiger partial charge in [-0.3, -0.25) is 4.79 Å². The lowest BCUT2D eigenvalue weighted by Crippen LogP contribution is -2.51. The van der Waals surface area contributed by atoms with Crippen LogP contribution in [0.3, 0.4) is 0 Å². The van der Waals surface area contributed by atoms with Gasteiger partial charge in [-0.05, 0) is 34.9 Å². The highest BCUT2D eigenvalue weighted by Gasteiger charge is 2.22. The average Bonchev–Trinajstić information content (AvgIpc) is 2.12. The van der Waals surface area contributed by atoms with Crippen LogP contribution >= 0.6 is 0 Å². The molecule has 0 aliphatic rings. The largest absolute Gasteiger partial charge is 0.358 e. The molecule has 0 aliphatic carbocycles. The van der Waals surface area contributed by atoms with E-state index < -0.39 is 0 Å². The normalized spacial score (nSPS) is 14.2. The lowest BCUT2D eigenvalue weighted by Gasteiger charge is -2.33. The molecule has 0 aromatic heterocycles. The Morgan fingerprint density at radius 2 is 1.93 bits per heavy atom. The van der Waals surface area contributed by atoms with Gasteiger partial charge in [0.2, 0.25) is 5.91 Å². The zero-order valence-corrected chi connectivity index (χ0v) is 10.1. The fraction of sp³-hybridized carbons (Fsp3) is 0.900. The molecule has 0 aromatic rings. The van der Waals surface area contributed by atoms with Gasteiger partial charge < -0.3 is 15.5 Å². The third-order valence-electron chi connectivity index (χ3n) is 2.69. The van der Waals surface area contributed by atoms with Gasteiger partial charge in [0.15, 0.2) is 0 Å². The van der Waals surface area contributed by atoms with Crippen molar-refractivity contribution in [2.24, 2.45) is 0 Å². The number of hydrogen-bond donors (Lipinski definition) is 2. The van der Waals surface area contributed by atoms with Crippen LogP contribution in [-0.2, 0) is 4.79 Å². The van der Waals surface area contributed by atoms with Crippen LogP contribution in [-0.4, -0.2) is 50.1 Å². The van der Waals surface area contributed by atoms with Crippen LogP contribution < -0.4 is 10.6 Å². The zero-order valence-electron chi connectivity index (χ0n) is 10.1. The summed E-state index contributed by atoms with van der Waals surface area (Å²) >= 11 is 0. The Balaban J connectivity index is 3.99. The van der Waals surface area contributed by atoms with Crippen LogP contribution in [0.4, 0.5) is 0 Å². The predicted molar refractivity (Wildman–Crippen MR) is 59.3 cm³/mol. The lowest BCUT2D eigenvalue weighted by molar-refractivity contribution is -0.122. The first-order chi connectivity index (χ1) is 6.31. The second-order valence-corrected chi connectivity index (χ2v) is 4.42. The quantitative estimate of drug-likeness (QED) is 0.660. The maximum Gasteiger partial charge on any atom is 0.236 e. The van der Waals surface area contributed by atoms with E-state index in [0.717, 1.165) is 6.54 Å². The monoisotopic (exact) mass is 201 g/mol. The summed E-state index contributed by atoms with van der Waals surface area (Å²) in [5.74, 6) is 0.0274. The molecule has 0 radical (unpaired) electrons. The Hall–Kier alpha value is -0.610. The Labute approximate surface area is 87.0 Å². The zero-order chi connectivity index (χ0) is 11.4. The molecule has 0 saturated carbocycles. The molecular weight excluding hydrogens is 178 g/mol. The summed E-state index contributed by atoms with van der Waals surface area (Å²) in [5.41, 5.74) is 0.0578. The van der Waals surface area contributed by atoms with Crippen LogP contribution in [0, 0.1) is 0 Å². The van der Waals surface area contributed by atoms with Gasteiger partial charge in [0, 0.05) is 19.1 Å². The highest BCUT2D eigenvalue weighted by atomic mass is 16.2. The maximum atomic E-state index is 11.2. The summed E-state index contributed by atoms with van der Waals surface area (Å²) in [6, 6.07) is -0.140. The summed E-state index contributed by atoms with van der Waals surface area (Å²) < 4.78 is 0. The number of amides is 1. The van der Waals surface area contributed by atoms with E-state index in [0.29, 0.717) is 0 Å². The Bertz CT molecular complexity index is 190. The van der Waals surface area contributed by atoms with E-state index in [2.05, 4.69) is 29.4 Å². The number of nitrogens with one attached hydrogen (secondary N) is 2. The number of nitrogens with zero attached hydrogens (tertiary/aromatic N) is 1. The van der Waals surface area contributed by atoms with Gasteiger partial charge in [0.1, 0.15) is 0 Å². The first-order valence-electron chi connectivity index (χ1n) is 4.93. The van der Waals surface area contributed by atoms with Gasteiger partial charge in [0.05, 0.1) is 6.04 Å². The van der Waals surface area contributed by atoms with Gasteiger partial charge in [-0.25, -0.2) is 0 Å². The molecule has 0 rings (SSSR count). The number of likely N-dealkylation sites (N-methyl/N-ethyl adjacent to an activating group) is 2. The molecule has 0 bridgehead atoms. The van der Waals surface area contributed by atoms with Gasteiger partial charge in [-0.2, -0.15) is 0 Å². The molecule has 0 aliphatic heterocycles. The molecule has 4 heteroatoms. The Morgan fingerprint density at radius 1 is 1.43 bits per heavy atom. The topological polar surface area (TPSA) is 44.4 Å². The first kappa shape index (κ1) is 13.4. The van der Waals surface area contributed by atoms with Crippen molar-refractivity contribution in [3.8, 4) is 0 Å².